The van der Waals surface area contributed by atoms with Crippen LogP contribution in [0.2, 0.25) is 0 Å². The van der Waals surface area contributed by atoms with E-state index in [2.05, 4.69) is 35.1 Å². The van der Waals surface area contributed by atoms with Gasteiger partial charge in [-0.3, -0.25) is 0 Å². The number of hydrogen-bond donors (Lipinski definition) is 1. The average molecular weight is 551 g/mol. The number of nitrogens with one attached hydrogen (secondary N) is 1. The molecule has 0 radical (unpaired) electrons. The molecule has 1 N–H and O–H groups in total. The molecule has 0 aliphatic carbocycles. The summed E-state index contributed by atoms with van der Waals surface area (Å²) in [7, 11) is -5.52. The maximum Gasteiger partial charge on any atom is 0.517 e. The van der Waals surface area contributed by atoms with Crippen LogP contribution >= 0.6 is 11.8 Å². The quantitative estimate of drug-likeness (QED) is 0.282. The smallest absolute Gasteiger partial charge is 0.353 e. The van der Waals surface area contributed by atoms with E-state index in [0.717, 1.165) is 25.1 Å². The topological polar surface area (TPSA) is 109 Å². The maximum absolute atomic E-state index is 13.0. The molecular formula is C22H21F3N8O2S2. The van der Waals surface area contributed by atoms with E-state index in [9.17, 15) is 21.6 Å². The van der Waals surface area contributed by atoms with Crippen molar-refractivity contribution in [3.8, 4) is 0 Å². The van der Waals surface area contributed by atoms with Gasteiger partial charge in [0, 0.05) is 61.9 Å². The van der Waals surface area contributed by atoms with Crippen molar-refractivity contribution in [2.75, 3.05) is 47.6 Å². The number of nitrogens with zero attached hydrogens (tertiary/aromatic N) is 7. The monoisotopic (exact) mass is 550 g/mol. The fourth-order valence-corrected chi connectivity index (χ4v) is 5.23. The fourth-order valence-electron chi connectivity index (χ4n) is 3.98. The zero-order valence-electron chi connectivity index (χ0n) is 19.4. The molecule has 37 heavy (non-hydrogen) atoms. The summed E-state index contributed by atoms with van der Waals surface area (Å²) in [6, 6.07) is 9.29. The molecule has 4 aromatic rings. The molecule has 1 aliphatic heterocycles. The van der Waals surface area contributed by atoms with Crippen LogP contribution in [0.15, 0.2) is 60.1 Å². The molecule has 0 bridgehead atoms. The van der Waals surface area contributed by atoms with E-state index >= 15 is 0 Å². The lowest BCUT2D eigenvalue weighted by atomic mass is 10.2. The Bertz CT molecular complexity index is 1520. The van der Waals surface area contributed by atoms with Crippen LogP contribution in [0, 0.1) is 0 Å². The van der Waals surface area contributed by atoms with Crippen molar-refractivity contribution in [3.63, 3.8) is 0 Å². The van der Waals surface area contributed by atoms with Gasteiger partial charge in [-0.25, -0.2) is 23.9 Å². The van der Waals surface area contributed by atoms with Gasteiger partial charge >= 0.3 is 15.5 Å². The number of fused-ring (bicyclic) bond motifs is 1. The number of alkyl halides is 3. The molecule has 0 saturated carbocycles. The molecule has 1 saturated heterocycles. The minimum atomic E-state index is -5.52. The van der Waals surface area contributed by atoms with Crippen molar-refractivity contribution in [2.45, 2.75) is 10.7 Å². The Kier molecular flexibility index (Phi) is 6.58. The molecule has 0 amide bonds. The second-order valence-corrected chi connectivity index (χ2v) is 10.7. The number of benzene rings is 1. The standard InChI is InChI=1S/C22H21F3N8O2S2/c1-36-21-29-18(14-19(30-21)31-9-11-32(12-10-31)20-26-6-2-7-27-20)28-16-3-4-17-15(13-16)5-8-33(17)37(34,35)22(23,24)25/h2-8,13-14H,9-12H2,1H3,(H,28,29,30). The minimum Gasteiger partial charge on any atom is -0.353 e. The summed E-state index contributed by atoms with van der Waals surface area (Å²) >= 11 is 1.38. The molecule has 0 atom stereocenters. The predicted octanol–water partition coefficient (Wildman–Crippen LogP) is 3.71. The van der Waals surface area contributed by atoms with Crippen molar-refractivity contribution in [1.29, 1.82) is 0 Å². The van der Waals surface area contributed by atoms with Crippen LogP contribution in [0.1, 0.15) is 0 Å². The Morgan fingerprint density at radius 2 is 1.68 bits per heavy atom. The first-order valence-electron chi connectivity index (χ1n) is 11.1. The molecule has 5 rings (SSSR count). The lowest BCUT2D eigenvalue weighted by molar-refractivity contribution is -0.0445. The number of hydrogen-bond acceptors (Lipinski definition) is 10. The highest BCUT2D eigenvalue weighted by molar-refractivity contribution is 7.98. The second-order valence-electron chi connectivity index (χ2n) is 8.08. The third-order valence-corrected chi connectivity index (χ3v) is 7.76. The van der Waals surface area contributed by atoms with E-state index in [0.29, 0.717) is 41.1 Å². The van der Waals surface area contributed by atoms with Gasteiger partial charge in [0.25, 0.3) is 0 Å². The second kappa shape index (κ2) is 9.70. The fraction of sp³-hybridized carbons (Fsp3) is 0.273. The molecular weight excluding hydrogens is 529 g/mol. The summed E-state index contributed by atoms with van der Waals surface area (Å²) in [5.74, 6) is 1.92. The van der Waals surface area contributed by atoms with Crippen molar-refractivity contribution >= 4 is 56.0 Å². The van der Waals surface area contributed by atoms with Gasteiger partial charge in [0.05, 0.1) is 5.52 Å². The summed E-state index contributed by atoms with van der Waals surface area (Å²) in [5, 5.41) is 4.04. The van der Waals surface area contributed by atoms with E-state index in [1.54, 1.807) is 30.6 Å². The number of aromatic nitrogens is 5. The van der Waals surface area contributed by atoms with Crippen molar-refractivity contribution < 1.29 is 21.6 Å². The zero-order valence-corrected chi connectivity index (χ0v) is 21.1. The van der Waals surface area contributed by atoms with Gasteiger partial charge in [-0.15, -0.1) is 0 Å². The van der Waals surface area contributed by atoms with Gasteiger partial charge in [-0.05, 0) is 36.6 Å². The minimum absolute atomic E-state index is 0.0729. The Labute approximate surface area is 214 Å². The number of piperazine rings is 1. The summed E-state index contributed by atoms with van der Waals surface area (Å²) in [6.07, 6.45) is 6.18. The van der Waals surface area contributed by atoms with Gasteiger partial charge in [-0.2, -0.15) is 21.6 Å². The highest BCUT2D eigenvalue weighted by atomic mass is 32.2. The third kappa shape index (κ3) is 5.00. The number of halogens is 3. The van der Waals surface area contributed by atoms with Crippen molar-refractivity contribution in [3.05, 3.63) is 55.0 Å². The average Bonchev–Trinajstić information content (AvgIpc) is 3.32. The van der Waals surface area contributed by atoms with E-state index in [4.69, 9.17) is 0 Å². The summed E-state index contributed by atoms with van der Waals surface area (Å²) in [5.41, 5.74) is -4.94. The summed E-state index contributed by atoms with van der Waals surface area (Å²) in [4.78, 5) is 22.0. The highest BCUT2D eigenvalue weighted by Gasteiger charge is 2.47. The first-order valence-corrected chi connectivity index (χ1v) is 13.7. The van der Waals surface area contributed by atoms with Crippen LogP contribution in [0.4, 0.5) is 36.4 Å². The van der Waals surface area contributed by atoms with E-state index in [-0.39, 0.29) is 9.49 Å². The number of rotatable bonds is 6. The van der Waals surface area contributed by atoms with Crippen LogP contribution < -0.4 is 15.1 Å². The molecule has 4 heterocycles. The van der Waals surface area contributed by atoms with Gasteiger partial charge < -0.3 is 15.1 Å². The molecule has 1 aliphatic rings. The molecule has 1 fully saturated rings. The summed E-state index contributed by atoms with van der Waals surface area (Å²) in [6.45, 7) is 2.85. The van der Waals surface area contributed by atoms with Gasteiger partial charge in [0.2, 0.25) is 5.95 Å². The Balaban J connectivity index is 1.36. The molecule has 3 aromatic heterocycles. The van der Waals surface area contributed by atoms with Crippen LogP contribution in [0.3, 0.4) is 0 Å². The zero-order chi connectivity index (χ0) is 26.2. The van der Waals surface area contributed by atoms with E-state index in [1.807, 2.05) is 6.26 Å². The van der Waals surface area contributed by atoms with Gasteiger partial charge in [0.1, 0.15) is 11.6 Å². The van der Waals surface area contributed by atoms with Crippen molar-refractivity contribution in [2.24, 2.45) is 0 Å². The first kappa shape index (κ1) is 25.1. The largest absolute Gasteiger partial charge is 0.517 e. The van der Waals surface area contributed by atoms with Crippen molar-refractivity contribution in [1.82, 2.24) is 23.9 Å². The van der Waals surface area contributed by atoms with Crippen LogP contribution in [-0.2, 0) is 10.0 Å². The normalized spacial score (nSPS) is 14.8. The molecule has 1 aromatic carbocycles. The Morgan fingerprint density at radius 3 is 2.35 bits per heavy atom. The predicted molar refractivity (Wildman–Crippen MR) is 136 cm³/mol. The molecule has 15 heteroatoms. The van der Waals surface area contributed by atoms with Crippen LogP contribution in [0.25, 0.3) is 10.9 Å². The molecule has 10 nitrogen and oxygen atoms in total. The van der Waals surface area contributed by atoms with Crippen LogP contribution in [0.5, 0.6) is 0 Å². The van der Waals surface area contributed by atoms with E-state index < -0.39 is 15.5 Å². The maximum atomic E-state index is 13.0. The molecule has 194 valence electrons. The summed E-state index contributed by atoms with van der Waals surface area (Å²) < 4.78 is 63.0. The molecule has 0 spiro atoms. The first-order chi connectivity index (χ1) is 17.7. The SMILES string of the molecule is CSc1nc(Nc2ccc3c(ccn3S(=O)(=O)C(F)(F)F)c2)cc(N2CCN(c3ncccn3)CC2)n1. The van der Waals surface area contributed by atoms with Crippen LogP contribution in [-0.4, -0.2) is 70.3 Å². The van der Waals surface area contributed by atoms with Gasteiger partial charge in [0.15, 0.2) is 5.16 Å². The number of thioether (sulfide) groups is 1. The lowest BCUT2D eigenvalue weighted by Crippen LogP contribution is -2.47. The highest BCUT2D eigenvalue weighted by Crippen LogP contribution is 2.31. The Morgan fingerprint density at radius 1 is 0.973 bits per heavy atom. The van der Waals surface area contributed by atoms with Gasteiger partial charge in [-0.1, -0.05) is 11.8 Å². The number of anilines is 4. The Hall–Kier alpha value is -3.59. The lowest BCUT2D eigenvalue weighted by Gasteiger charge is -2.35. The van der Waals surface area contributed by atoms with E-state index in [1.165, 1.54) is 30.0 Å². The molecule has 0 unspecified atom stereocenters. The third-order valence-electron chi connectivity index (χ3n) is 5.79.